The molecule has 3 N–H and O–H groups in total. The zero-order valence-corrected chi connectivity index (χ0v) is 26.0. The van der Waals surface area contributed by atoms with Crippen molar-refractivity contribution in [1.82, 2.24) is 15.3 Å². The molecule has 0 saturated carbocycles. The summed E-state index contributed by atoms with van der Waals surface area (Å²) in [6.07, 6.45) is -1.73. The second-order valence-corrected chi connectivity index (χ2v) is 12.7. The Bertz CT molecular complexity index is 1420. The molecule has 0 aromatic heterocycles. The molecular weight excluding hydrogens is 592 g/mol. The minimum atomic E-state index is -4.40. The molecule has 2 aliphatic heterocycles. The van der Waals surface area contributed by atoms with Crippen LogP contribution in [0.4, 0.5) is 4.39 Å². The highest BCUT2D eigenvalue weighted by atomic mass is 31.2. The van der Waals surface area contributed by atoms with Gasteiger partial charge < -0.3 is 29.3 Å². The molecule has 1 fully saturated rings. The molecule has 4 rings (SSSR count). The number of nitrogens with zero attached hydrogens (tertiary/aromatic N) is 1. The van der Waals surface area contributed by atoms with E-state index in [1.807, 2.05) is 42.5 Å². The van der Waals surface area contributed by atoms with Crippen molar-refractivity contribution in [2.24, 2.45) is 0 Å². The summed E-state index contributed by atoms with van der Waals surface area (Å²) in [4.78, 5) is 25.7. The summed E-state index contributed by atoms with van der Waals surface area (Å²) in [5.41, 5.74) is -0.663. The number of carbonyl (C=O) groups excluding carboxylic acids is 2. The van der Waals surface area contributed by atoms with Gasteiger partial charge in [-0.15, -0.1) is 0 Å². The predicted octanol–water partition coefficient (Wildman–Crippen LogP) is 4.33. The van der Waals surface area contributed by atoms with Gasteiger partial charge in [0, 0.05) is 18.7 Å². The van der Waals surface area contributed by atoms with Crippen molar-refractivity contribution in [1.29, 1.82) is 0 Å². The first-order valence-electron chi connectivity index (χ1n) is 14.4. The number of hydrogen-bond acceptors (Lipinski definition) is 9. The van der Waals surface area contributed by atoms with Gasteiger partial charge >= 0.3 is 13.7 Å². The fraction of sp³-hybridized carbons (Fsp3) is 0.419. The van der Waals surface area contributed by atoms with E-state index in [4.69, 9.17) is 18.5 Å². The van der Waals surface area contributed by atoms with E-state index in [0.717, 1.165) is 12.5 Å². The molecule has 0 bridgehead atoms. The van der Waals surface area contributed by atoms with Gasteiger partial charge in [0.1, 0.15) is 29.8 Å². The number of hydrogen-bond donors (Lipinski definition) is 3. The Labute approximate surface area is 256 Å². The quantitative estimate of drug-likeness (QED) is 0.217. The number of alkyl halides is 1. The van der Waals surface area contributed by atoms with Crippen LogP contribution in [0.15, 0.2) is 79.3 Å². The lowest BCUT2D eigenvalue weighted by Crippen LogP contribution is -2.51. The van der Waals surface area contributed by atoms with E-state index in [-0.39, 0.29) is 18.0 Å². The van der Waals surface area contributed by atoms with Crippen LogP contribution < -0.4 is 14.9 Å². The van der Waals surface area contributed by atoms with Gasteiger partial charge in [-0.05, 0) is 44.4 Å². The van der Waals surface area contributed by atoms with Crippen LogP contribution in [0.3, 0.4) is 0 Å². The minimum Gasteiger partial charge on any atom is -0.462 e. The fourth-order valence-electron chi connectivity index (χ4n) is 4.82. The zero-order chi connectivity index (χ0) is 32.1. The molecule has 1 amide bonds. The van der Waals surface area contributed by atoms with Gasteiger partial charge in [0.15, 0.2) is 11.9 Å². The SMILES string of the molecule is C=C1NC(=O)C=CN1[C@@H]1O[C@H](COP(=O)(N[C@@H](CC)C(=O)OC(C)C)Oc2ccccc2Cc2ccccc2)[C@@H](O)[C@@]1(C)F. The Kier molecular flexibility index (Phi) is 10.6. The van der Waals surface area contributed by atoms with Crippen molar-refractivity contribution in [3.8, 4) is 5.75 Å². The number of carbonyl (C=O) groups is 2. The van der Waals surface area contributed by atoms with Gasteiger partial charge in [-0.25, -0.2) is 8.96 Å². The van der Waals surface area contributed by atoms with Crippen LogP contribution in [-0.4, -0.2) is 64.7 Å². The fourth-order valence-corrected chi connectivity index (χ4v) is 6.45. The number of halogens is 1. The molecule has 2 aromatic carbocycles. The van der Waals surface area contributed by atoms with Gasteiger partial charge in [0.25, 0.3) is 5.91 Å². The number of esters is 1. The molecule has 0 radical (unpaired) electrons. The number of amides is 1. The zero-order valence-electron chi connectivity index (χ0n) is 25.1. The molecule has 238 valence electrons. The summed E-state index contributed by atoms with van der Waals surface area (Å²) in [5, 5.41) is 16.0. The molecule has 2 aliphatic rings. The molecule has 11 nitrogen and oxygen atoms in total. The topological polar surface area (TPSA) is 136 Å². The maximum atomic E-state index is 15.9. The Morgan fingerprint density at radius 1 is 1.23 bits per heavy atom. The number of aliphatic hydroxyl groups is 1. The molecule has 0 spiro atoms. The number of rotatable bonds is 13. The highest BCUT2D eigenvalue weighted by Gasteiger charge is 2.57. The van der Waals surface area contributed by atoms with Crippen LogP contribution in [0.1, 0.15) is 45.2 Å². The number of ether oxygens (including phenoxy) is 2. The molecule has 0 aliphatic carbocycles. The van der Waals surface area contributed by atoms with Crippen molar-refractivity contribution in [2.45, 2.75) is 76.8 Å². The largest absolute Gasteiger partial charge is 0.462 e. The van der Waals surface area contributed by atoms with Crippen LogP contribution in [0, 0.1) is 0 Å². The van der Waals surface area contributed by atoms with Crippen LogP contribution >= 0.6 is 7.75 Å². The van der Waals surface area contributed by atoms with E-state index in [1.165, 1.54) is 17.2 Å². The van der Waals surface area contributed by atoms with Gasteiger partial charge in [-0.3, -0.25) is 14.1 Å². The molecule has 1 unspecified atom stereocenters. The van der Waals surface area contributed by atoms with Gasteiger partial charge in [0.05, 0.1) is 12.7 Å². The van der Waals surface area contributed by atoms with Crippen molar-refractivity contribution in [3.63, 3.8) is 0 Å². The summed E-state index contributed by atoms with van der Waals surface area (Å²) in [7, 11) is -4.40. The van der Waals surface area contributed by atoms with E-state index in [9.17, 15) is 19.3 Å². The van der Waals surface area contributed by atoms with Crippen LogP contribution in [0.2, 0.25) is 0 Å². The van der Waals surface area contributed by atoms with Gasteiger partial charge in [0.2, 0.25) is 0 Å². The summed E-state index contributed by atoms with van der Waals surface area (Å²) in [6, 6.07) is 15.5. The highest BCUT2D eigenvalue weighted by molar-refractivity contribution is 7.52. The highest BCUT2D eigenvalue weighted by Crippen LogP contribution is 2.48. The van der Waals surface area contributed by atoms with E-state index < -0.39 is 62.5 Å². The van der Waals surface area contributed by atoms with Gasteiger partial charge in [-0.1, -0.05) is 62.0 Å². The first kappa shape index (κ1) is 33.4. The lowest BCUT2D eigenvalue weighted by molar-refractivity contribution is -0.149. The lowest BCUT2D eigenvalue weighted by Gasteiger charge is -2.35. The van der Waals surface area contributed by atoms with E-state index >= 15 is 4.39 Å². The van der Waals surface area contributed by atoms with Crippen LogP contribution in [0.25, 0.3) is 0 Å². The average molecular weight is 632 g/mol. The lowest BCUT2D eigenvalue weighted by atomic mass is 9.98. The van der Waals surface area contributed by atoms with Gasteiger partial charge in [-0.2, -0.15) is 5.09 Å². The number of aliphatic hydroxyl groups excluding tert-OH is 1. The van der Waals surface area contributed by atoms with Crippen LogP contribution in [-0.2, 0) is 34.6 Å². The molecule has 44 heavy (non-hydrogen) atoms. The maximum absolute atomic E-state index is 15.9. The molecular formula is C31H39FN3O8P. The van der Waals surface area contributed by atoms with Crippen molar-refractivity contribution in [2.75, 3.05) is 6.61 Å². The third-order valence-corrected chi connectivity index (χ3v) is 8.69. The second kappa shape index (κ2) is 14.0. The average Bonchev–Trinajstić information content (AvgIpc) is 3.19. The third-order valence-electron chi connectivity index (χ3n) is 7.13. The molecule has 13 heteroatoms. The number of nitrogens with one attached hydrogen (secondary N) is 2. The van der Waals surface area contributed by atoms with Crippen molar-refractivity contribution >= 4 is 19.6 Å². The number of para-hydroxylation sites is 1. The summed E-state index contributed by atoms with van der Waals surface area (Å²) in [5.74, 6) is -0.798. The normalized spacial score (nSPS) is 25.4. The predicted molar refractivity (Wildman–Crippen MR) is 161 cm³/mol. The molecule has 1 saturated heterocycles. The monoisotopic (exact) mass is 631 g/mol. The first-order valence-corrected chi connectivity index (χ1v) is 15.9. The van der Waals surface area contributed by atoms with Crippen molar-refractivity contribution in [3.05, 3.63) is 90.4 Å². The van der Waals surface area contributed by atoms with E-state index in [2.05, 4.69) is 17.0 Å². The molecule has 2 heterocycles. The molecule has 6 atom stereocenters. The summed E-state index contributed by atoms with van der Waals surface area (Å²) < 4.78 is 53.2. The van der Waals surface area contributed by atoms with E-state index in [0.29, 0.717) is 12.0 Å². The third kappa shape index (κ3) is 7.94. The molecule has 2 aromatic rings. The van der Waals surface area contributed by atoms with Crippen molar-refractivity contribution < 1.29 is 42.2 Å². The van der Waals surface area contributed by atoms with Crippen LogP contribution in [0.5, 0.6) is 5.75 Å². The maximum Gasteiger partial charge on any atom is 0.459 e. The smallest absolute Gasteiger partial charge is 0.459 e. The second-order valence-electron chi connectivity index (χ2n) is 11.0. The Morgan fingerprint density at radius 2 is 1.91 bits per heavy atom. The summed E-state index contributed by atoms with van der Waals surface area (Å²) in [6.45, 7) is 9.37. The Morgan fingerprint density at radius 3 is 2.57 bits per heavy atom. The Hall–Kier alpha value is -3.54. The number of benzene rings is 2. The minimum absolute atomic E-state index is 0.0558. The standard InChI is InChI=1S/C31H39FN3O8P/c1-6-24(29(38)41-20(2)3)34-44(39,43-25-15-11-10-14-23(25)18-22-12-8-7-9-13-22)40-19-26-28(37)31(5,32)30(42-26)35-17-16-27(36)33-21(35)4/h7-17,20,24,26,28,30,37H,4,6,18-19H2,1-3,5H3,(H,33,36)(H,34,39)/t24-,26+,28+,30+,31+,44?/m0/s1. The van der Waals surface area contributed by atoms with E-state index in [1.54, 1.807) is 32.9 Å². The summed E-state index contributed by atoms with van der Waals surface area (Å²) >= 11 is 0. The first-order chi connectivity index (χ1) is 20.8. The Balaban J connectivity index is 1.59.